The Morgan fingerprint density at radius 2 is 2.33 bits per heavy atom. The number of hydrogen-bond donors (Lipinski definition) is 2. The van der Waals surface area contributed by atoms with Gasteiger partial charge in [0.15, 0.2) is 0 Å². The fourth-order valence-corrected chi connectivity index (χ4v) is 3.50. The molecule has 0 aromatic carbocycles. The molecule has 5 heteroatoms. The van der Waals surface area contributed by atoms with Gasteiger partial charge in [-0.15, -0.1) is 11.3 Å². The van der Waals surface area contributed by atoms with Gasteiger partial charge < -0.3 is 10.7 Å². The zero-order valence-corrected chi connectivity index (χ0v) is 11.6. The molecule has 0 aliphatic heterocycles. The molecule has 2 unspecified atom stereocenters. The van der Waals surface area contributed by atoms with E-state index < -0.39 is 0 Å². The summed E-state index contributed by atoms with van der Waals surface area (Å²) < 4.78 is 0.806. The number of hydrogen-bond acceptors (Lipinski definition) is 3. The number of rotatable bonds is 2. The van der Waals surface area contributed by atoms with Gasteiger partial charge >= 0.3 is 0 Å². The van der Waals surface area contributed by atoms with Gasteiger partial charge in [-0.1, -0.05) is 18.0 Å². The van der Waals surface area contributed by atoms with Crippen LogP contribution < -0.4 is 5.73 Å². The topological polar surface area (TPSA) is 54.7 Å². The van der Waals surface area contributed by atoms with Crippen LogP contribution >= 0.6 is 22.9 Å². The molecule has 3 rings (SSSR count). The van der Waals surface area contributed by atoms with E-state index in [-0.39, 0.29) is 0 Å². The Balaban J connectivity index is 1.80. The highest BCUT2D eigenvalue weighted by Crippen LogP contribution is 2.33. The summed E-state index contributed by atoms with van der Waals surface area (Å²) >= 11 is 7.49. The van der Waals surface area contributed by atoms with Gasteiger partial charge in [-0.3, -0.25) is 0 Å². The largest absolute Gasteiger partial charge is 0.342 e. The standard InChI is InChI=1S/C13H16ClN3S/c14-12-5-9(7-18-12)11-6-16-13(17-11)8-2-1-3-10(15)4-8/h5-8,10H,1-4,15H2,(H,16,17). The van der Waals surface area contributed by atoms with Crippen LogP contribution in [0.1, 0.15) is 37.4 Å². The van der Waals surface area contributed by atoms with Crippen molar-refractivity contribution in [2.75, 3.05) is 0 Å². The minimum absolute atomic E-state index is 0.327. The molecule has 0 spiro atoms. The van der Waals surface area contributed by atoms with Gasteiger partial charge in [0.25, 0.3) is 0 Å². The van der Waals surface area contributed by atoms with Crippen LogP contribution in [0, 0.1) is 0 Å². The van der Waals surface area contributed by atoms with Crippen LogP contribution in [0.25, 0.3) is 11.3 Å². The monoisotopic (exact) mass is 281 g/mol. The van der Waals surface area contributed by atoms with Crippen LogP contribution in [-0.2, 0) is 0 Å². The van der Waals surface area contributed by atoms with Crippen molar-refractivity contribution in [2.24, 2.45) is 5.73 Å². The third-order valence-corrected chi connectivity index (χ3v) is 4.67. The highest BCUT2D eigenvalue weighted by molar-refractivity contribution is 7.14. The van der Waals surface area contributed by atoms with E-state index in [4.69, 9.17) is 17.3 Å². The number of nitrogens with zero attached hydrogens (tertiary/aromatic N) is 1. The van der Waals surface area contributed by atoms with Gasteiger partial charge in [-0.25, -0.2) is 4.98 Å². The van der Waals surface area contributed by atoms with Crippen LogP contribution in [0.4, 0.5) is 0 Å². The number of H-pyrrole nitrogens is 1. The first kappa shape index (κ1) is 12.2. The number of nitrogens with one attached hydrogen (secondary N) is 1. The predicted octanol–water partition coefficient (Wildman–Crippen LogP) is 3.78. The number of aromatic amines is 1. The van der Waals surface area contributed by atoms with Crippen LogP contribution in [-0.4, -0.2) is 16.0 Å². The average Bonchev–Trinajstić information content (AvgIpc) is 2.97. The Morgan fingerprint density at radius 3 is 3.06 bits per heavy atom. The summed E-state index contributed by atoms with van der Waals surface area (Å²) in [5.74, 6) is 1.55. The summed E-state index contributed by atoms with van der Waals surface area (Å²) in [6.45, 7) is 0. The molecule has 1 aliphatic rings. The van der Waals surface area contributed by atoms with E-state index in [9.17, 15) is 0 Å². The molecule has 0 amide bonds. The Hall–Kier alpha value is -0.840. The van der Waals surface area contributed by atoms with Crippen molar-refractivity contribution < 1.29 is 0 Å². The highest BCUT2D eigenvalue weighted by Gasteiger charge is 2.23. The lowest BCUT2D eigenvalue weighted by Gasteiger charge is -2.24. The third-order valence-electron chi connectivity index (χ3n) is 3.58. The molecular formula is C13H16ClN3S. The lowest BCUT2D eigenvalue weighted by molar-refractivity contribution is 0.383. The Bertz CT molecular complexity index is 534. The number of aromatic nitrogens is 2. The van der Waals surface area contributed by atoms with Crippen molar-refractivity contribution in [3.63, 3.8) is 0 Å². The second-order valence-corrected chi connectivity index (χ2v) is 6.49. The molecule has 1 saturated carbocycles. The molecule has 2 heterocycles. The molecule has 0 saturated heterocycles. The molecule has 96 valence electrons. The van der Waals surface area contributed by atoms with E-state index in [1.165, 1.54) is 12.8 Å². The van der Waals surface area contributed by atoms with E-state index in [0.717, 1.165) is 34.3 Å². The number of nitrogens with two attached hydrogens (primary N) is 1. The fourth-order valence-electron chi connectivity index (χ4n) is 2.62. The van der Waals surface area contributed by atoms with E-state index in [1.54, 1.807) is 11.3 Å². The Labute approximate surface area is 115 Å². The van der Waals surface area contributed by atoms with E-state index in [1.807, 2.05) is 17.6 Å². The van der Waals surface area contributed by atoms with Crippen molar-refractivity contribution in [3.05, 3.63) is 27.8 Å². The maximum absolute atomic E-state index is 6.03. The molecule has 18 heavy (non-hydrogen) atoms. The lowest BCUT2D eigenvalue weighted by atomic mass is 9.86. The molecule has 0 radical (unpaired) electrons. The Morgan fingerprint density at radius 1 is 1.44 bits per heavy atom. The van der Waals surface area contributed by atoms with Gasteiger partial charge in [-0.2, -0.15) is 0 Å². The molecule has 1 fully saturated rings. The molecule has 2 aromatic heterocycles. The van der Waals surface area contributed by atoms with Crippen LogP contribution in [0.5, 0.6) is 0 Å². The first-order chi connectivity index (χ1) is 8.72. The predicted molar refractivity (Wildman–Crippen MR) is 76.1 cm³/mol. The lowest BCUT2D eigenvalue weighted by Crippen LogP contribution is -2.27. The van der Waals surface area contributed by atoms with Crippen molar-refractivity contribution in [1.82, 2.24) is 9.97 Å². The van der Waals surface area contributed by atoms with Gasteiger partial charge in [0.05, 0.1) is 16.2 Å². The fraction of sp³-hybridized carbons (Fsp3) is 0.462. The minimum atomic E-state index is 0.327. The Kier molecular flexibility index (Phi) is 3.41. The van der Waals surface area contributed by atoms with Crippen molar-refractivity contribution >= 4 is 22.9 Å². The second-order valence-electron chi connectivity index (χ2n) is 4.95. The quantitative estimate of drug-likeness (QED) is 0.880. The first-order valence-corrected chi connectivity index (χ1v) is 7.53. The minimum Gasteiger partial charge on any atom is -0.342 e. The van der Waals surface area contributed by atoms with E-state index >= 15 is 0 Å². The average molecular weight is 282 g/mol. The highest BCUT2D eigenvalue weighted by atomic mass is 35.5. The van der Waals surface area contributed by atoms with Gasteiger partial charge in [0.1, 0.15) is 5.82 Å². The third kappa shape index (κ3) is 2.46. The summed E-state index contributed by atoms with van der Waals surface area (Å²) in [6, 6.07) is 2.30. The zero-order chi connectivity index (χ0) is 12.5. The SMILES string of the molecule is NC1CCCC(c2ncc(-c3csc(Cl)c3)[nH]2)C1. The summed E-state index contributed by atoms with van der Waals surface area (Å²) in [4.78, 5) is 7.92. The molecule has 2 aromatic rings. The summed E-state index contributed by atoms with van der Waals surface area (Å²) in [5.41, 5.74) is 8.19. The summed E-state index contributed by atoms with van der Waals surface area (Å²) in [5, 5.41) is 2.05. The van der Waals surface area contributed by atoms with Crippen molar-refractivity contribution in [1.29, 1.82) is 0 Å². The molecule has 0 bridgehead atoms. The summed E-state index contributed by atoms with van der Waals surface area (Å²) in [6.07, 6.45) is 6.46. The molecule has 1 aliphatic carbocycles. The molecule has 3 nitrogen and oxygen atoms in total. The van der Waals surface area contributed by atoms with Crippen molar-refractivity contribution in [3.8, 4) is 11.3 Å². The van der Waals surface area contributed by atoms with Crippen LogP contribution in [0.3, 0.4) is 0 Å². The van der Waals surface area contributed by atoms with E-state index in [0.29, 0.717) is 12.0 Å². The van der Waals surface area contributed by atoms with E-state index in [2.05, 4.69) is 9.97 Å². The van der Waals surface area contributed by atoms with Crippen LogP contribution in [0.15, 0.2) is 17.6 Å². The van der Waals surface area contributed by atoms with Gasteiger partial charge in [0, 0.05) is 22.9 Å². The smallest absolute Gasteiger partial charge is 0.109 e. The molecule has 2 atom stereocenters. The maximum atomic E-state index is 6.03. The first-order valence-electron chi connectivity index (χ1n) is 6.27. The van der Waals surface area contributed by atoms with Gasteiger partial charge in [-0.05, 0) is 25.3 Å². The normalized spacial score (nSPS) is 24.3. The second kappa shape index (κ2) is 5.03. The maximum Gasteiger partial charge on any atom is 0.109 e. The molecule has 3 N–H and O–H groups in total. The number of imidazole rings is 1. The molecular weight excluding hydrogens is 266 g/mol. The van der Waals surface area contributed by atoms with Gasteiger partial charge in [0.2, 0.25) is 0 Å². The summed E-state index contributed by atoms with van der Waals surface area (Å²) in [7, 11) is 0. The van der Waals surface area contributed by atoms with Crippen LogP contribution in [0.2, 0.25) is 4.34 Å². The van der Waals surface area contributed by atoms with Crippen molar-refractivity contribution in [2.45, 2.75) is 37.6 Å². The number of halogens is 1. The number of thiophene rings is 1. The zero-order valence-electron chi connectivity index (χ0n) is 10.0.